The largest absolute Gasteiger partial charge is 0.493 e. The summed E-state index contributed by atoms with van der Waals surface area (Å²) in [7, 11) is 3.15. The maximum absolute atomic E-state index is 9.10. The summed E-state index contributed by atoms with van der Waals surface area (Å²) in [6.07, 6.45) is -0.320. The van der Waals surface area contributed by atoms with Crippen molar-refractivity contribution < 1.29 is 14.6 Å². The van der Waals surface area contributed by atoms with Crippen LogP contribution in [0.5, 0.6) is 11.5 Å². The number of hydrogen-bond donors (Lipinski definition) is 3. The van der Waals surface area contributed by atoms with Crippen LogP contribution in [0.2, 0.25) is 5.02 Å². The van der Waals surface area contributed by atoms with Crippen LogP contribution < -0.4 is 20.1 Å². The van der Waals surface area contributed by atoms with Gasteiger partial charge in [0.25, 0.3) is 0 Å². The summed E-state index contributed by atoms with van der Waals surface area (Å²) >= 11 is 6.14. The normalized spacial score (nSPS) is 12.2. The van der Waals surface area contributed by atoms with E-state index < -0.39 is 0 Å². The second-order valence-corrected chi connectivity index (χ2v) is 4.95. The molecule has 0 aliphatic heterocycles. The number of hydrogen-bond acceptors (Lipinski definition) is 5. The fraction of sp³-hybridized carbons (Fsp3) is 0.571. The summed E-state index contributed by atoms with van der Waals surface area (Å²) in [5.41, 5.74) is 1.03. The van der Waals surface area contributed by atoms with E-state index in [2.05, 4.69) is 10.6 Å². The first-order chi connectivity index (χ1) is 9.58. The van der Waals surface area contributed by atoms with E-state index in [0.29, 0.717) is 29.6 Å². The molecule has 0 bridgehead atoms. The maximum atomic E-state index is 9.10. The van der Waals surface area contributed by atoms with Crippen molar-refractivity contribution in [1.29, 1.82) is 0 Å². The van der Waals surface area contributed by atoms with Gasteiger partial charge in [-0.2, -0.15) is 0 Å². The maximum Gasteiger partial charge on any atom is 0.179 e. The molecular formula is C14H23ClN2O3. The standard InChI is InChI=1S/C14H23ClN2O3/c1-10(18)8-16-4-5-17-9-11-6-12(15)14(20-3)13(7-11)19-2/h6-7,10,16-18H,4-5,8-9H2,1-3H3/t10-/m1/s1. The molecule has 0 aliphatic carbocycles. The Balaban J connectivity index is 2.42. The minimum Gasteiger partial charge on any atom is -0.493 e. The molecule has 6 heteroatoms. The van der Waals surface area contributed by atoms with Gasteiger partial charge in [-0.15, -0.1) is 0 Å². The lowest BCUT2D eigenvalue weighted by molar-refractivity contribution is 0.191. The number of benzene rings is 1. The molecule has 0 amide bonds. The van der Waals surface area contributed by atoms with Crippen LogP contribution in [0.4, 0.5) is 0 Å². The van der Waals surface area contributed by atoms with Crippen LogP contribution >= 0.6 is 11.6 Å². The van der Waals surface area contributed by atoms with Crippen molar-refractivity contribution in [3.05, 3.63) is 22.7 Å². The molecule has 3 N–H and O–H groups in total. The molecule has 5 nitrogen and oxygen atoms in total. The number of aliphatic hydroxyl groups is 1. The Morgan fingerprint density at radius 3 is 2.50 bits per heavy atom. The molecule has 1 atom stereocenters. The molecule has 0 aliphatic rings. The highest BCUT2D eigenvalue weighted by Crippen LogP contribution is 2.35. The highest BCUT2D eigenvalue weighted by atomic mass is 35.5. The zero-order valence-corrected chi connectivity index (χ0v) is 13.0. The van der Waals surface area contributed by atoms with Gasteiger partial charge < -0.3 is 25.2 Å². The smallest absolute Gasteiger partial charge is 0.179 e. The zero-order valence-electron chi connectivity index (χ0n) is 12.2. The summed E-state index contributed by atoms with van der Waals surface area (Å²) in [5.74, 6) is 1.18. The molecule has 0 spiro atoms. The van der Waals surface area contributed by atoms with E-state index in [0.717, 1.165) is 18.7 Å². The van der Waals surface area contributed by atoms with E-state index in [-0.39, 0.29) is 6.10 Å². The van der Waals surface area contributed by atoms with E-state index in [9.17, 15) is 0 Å². The van der Waals surface area contributed by atoms with Crippen molar-refractivity contribution in [2.75, 3.05) is 33.9 Å². The zero-order chi connectivity index (χ0) is 15.0. The van der Waals surface area contributed by atoms with Crippen molar-refractivity contribution in [1.82, 2.24) is 10.6 Å². The molecule has 114 valence electrons. The van der Waals surface area contributed by atoms with Gasteiger partial charge in [-0.25, -0.2) is 0 Å². The number of ether oxygens (including phenoxy) is 2. The molecule has 1 rings (SSSR count). The van der Waals surface area contributed by atoms with E-state index in [1.165, 1.54) is 0 Å². The van der Waals surface area contributed by atoms with Gasteiger partial charge >= 0.3 is 0 Å². The second kappa shape index (κ2) is 9.02. The molecule has 0 radical (unpaired) electrons. The molecular weight excluding hydrogens is 280 g/mol. The number of methoxy groups -OCH3 is 2. The highest BCUT2D eigenvalue weighted by molar-refractivity contribution is 6.32. The van der Waals surface area contributed by atoms with Crippen molar-refractivity contribution >= 4 is 11.6 Å². The lowest BCUT2D eigenvalue weighted by atomic mass is 10.2. The monoisotopic (exact) mass is 302 g/mol. The fourth-order valence-corrected chi connectivity index (χ4v) is 2.10. The van der Waals surface area contributed by atoms with Gasteiger partial charge in [-0.3, -0.25) is 0 Å². The molecule has 0 saturated heterocycles. The van der Waals surface area contributed by atoms with Crippen molar-refractivity contribution in [3.63, 3.8) is 0 Å². The number of halogens is 1. The summed E-state index contributed by atoms with van der Waals surface area (Å²) in [6, 6.07) is 3.76. The predicted octanol–water partition coefficient (Wildman–Crippen LogP) is 1.42. The SMILES string of the molecule is COc1cc(CNCCNC[C@@H](C)O)cc(Cl)c1OC. The predicted molar refractivity (Wildman–Crippen MR) is 80.8 cm³/mol. The van der Waals surface area contributed by atoms with Crippen molar-refractivity contribution in [3.8, 4) is 11.5 Å². The summed E-state index contributed by atoms with van der Waals surface area (Å²) in [5, 5.41) is 16.1. The van der Waals surface area contributed by atoms with E-state index in [4.69, 9.17) is 26.2 Å². The third-order valence-corrected chi connectivity index (χ3v) is 3.02. The van der Waals surface area contributed by atoms with Crippen LogP contribution in [0, 0.1) is 0 Å². The summed E-state index contributed by atoms with van der Waals surface area (Å²) < 4.78 is 10.4. The second-order valence-electron chi connectivity index (χ2n) is 4.54. The molecule has 0 saturated carbocycles. The van der Waals surface area contributed by atoms with Crippen LogP contribution in [0.3, 0.4) is 0 Å². The first kappa shape index (κ1) is 17.0. The Morgan fingerprint density at radius 1 is 1.20 bits per heavy atom. The molecule has 0 fully saturated rings. The van der Waals surface area contributed by atoms with Gasteiger partial charge in [-0.05, 0) is 24.6 Å². The first-order valence-corrected chi connectivity index (χ1v) is 6.96. The molecule has 1 aromatic rings. The van der Waals surface area contributed by atoms with E-state index in [1.807, 2.05) is 12.1 Å². The highest BCUT2D eigenvalue weighted by Gasteiger charge is 2.10. The quantitative estimate of drug-likeness (QED) is 0.602. The van der Waals surface area contributed by atoms with Gasteiger partial charge in [0, 0.05) is 26.2 Å². The summed E-state index contributed by atoms with van der Waals surface area (Å²) in [6.45, 7) is 4.65. The van der Waals surface area contributed by atoms with Gasteiger partial charge in [-0.1, -0.05) is 11.6 Å². The van der Waals surface area contributed by atoms with Gasteiger partial charge in [0.1, 0.15) is 0 Å². The Kier molecular flexibility index (Phi) is 7.69. The number of nitrogens with one attached hydrogen (secondary N) is 2. The van der Waals surface area contributed by atoms with E-state index in [1.54, 1.807) is 21.1 Å². The van der Waals surface area contributed by atoms with Crippen molar-refractivity contribution in [2.24, 2.45) is 0 Å². The Hall–Kier alpha value is -1.01. The molecule has 1 aromatic carbocycles. The van der Waals surface area contributed by atoms with Crippen LogP contribution in [0.25, 0.3) is 0 Å². The van der Waals surface area contributed by atoms with Gasteiger partial charge in [0.15, 0.2) is 11.5 Å². The number of aliphatic hydroxyl groups excluding tert-OH is 1. The Bertz CT molecular complexity index is 414. The van der Waals surface area contributed by atoms with Crippen LogP contribution in [0.15, 0.2) is 12.1 Å². The fourth-order valence-electron chi connectivity index (χ4n) is 1.79. The van der Waals surface area contributed by atoms with Gasteiger partial charge in [0.05, 0.1) is 25.3 Å². The molecule has 0 aromatic heterocycles. The van der Waals surface area contributed by atoms with E-state index >= 15 is 0 Å². The van der Waals surface area contributed by atoms with Crippen molar-refractivity contribution in [2.45, 2.75) is 19.6 Å². The Morgan fingerprint density at radius 2 is 1.90 bits per heavy atom. The third-order valence-electron chi connectivity index (χ3n) is 2.74. The summed E-state index contributed by atoms with van der Waals surface area (Å²) in [4.78, 5) is 0. The van der Waals surface area contributed by atoms with Crippen LogP contribution in [-0.4, -0.2) is 45.1 Å². The van der Waals surface area contributed by atoms with Crippen LogP contribution in [-0.2, 0) is 6.54 Å². The third kappa shape index (κ3) is 5.54. The minimum absolute atomic E-state index is 0.320. The molecule has 0 heterocycles. The Labute approximate surface area is 125 Å². The van der Waals surface area contributed by atoms with Crippen LogP contribution in [0.1, 0.15) is 12.5 Å². The first-order valence-electron chi connectivity index (χ1n) is 6.58. The molecule has 0 unspecified atom stereocenters. The molecule has 20 heavy (non-hydrogen) atoms. The average Bonchev–Trinajstić information content (AvgIpc) is 2.41. The average molecular weight is 303 g/mol. The number of rotatable bonds is 9. The lowest BCUT2D eigenvalue weighted by Crippen LogP contribution is -2.31. The van der Waals surface area contributed by atoms with Gasteiger partial charge in [0.2, 0.25) is 0 Å². The lowest BCUT2D eigenvalue weighted by Gasteiger charge is -2.12. The minimum atomic E-state index is -0.320. The topological polar surface area (TPSA) is 62.8 Å².